The van der Waals surface area contributed by atoms with E-state index in [0.717, 1.165) is 175 Å². The van der Waals surface area contributed by atoms with Crippen molar-refractivity contribution in [1.82, 2.24) is 68.7 Å². The van der Waals surface area contributed by atoms with Crippen molar-refractivity contribution in [3.63, 3.8) is 0 Å². The smallest absolute Gasteiger partial charge is 0.307 e. The van der Waals surface area contributed by atoms with Crippen LogP contribution in [0.2, 0.25) is 0 Å². The second-order valence-corrected chi connectivity index (χ2v) is 41.0. The summed E-state index contributed by atoms with van der Waals surface area (Å²) in [5.74, 6) is 1.92. The molecule has 13 aliphatic rings. The lowest BCUT2D eigenvalue weighted by Crippen LogP contribution is -2.52. The van der Waals surface area contributed by atoms with Crippen LogP contribution in [0.3, 0.4) is 0 Å². The number of aryl methyl sites for hydroxylation is 2. The van der Waals surface area contributed by atoms with Gasteiger partial charge in [0.05, 0.1) is 78.4 Å². The number of fused-ring (bicyclic) bond motifs is 20. The predicted molar refractivity (Wildman–Crippen MR) is 564 cm³/mol. The highest BCUT2D eigenvalue weighted by Gasteiger charge is 2.55. The number of aliphatic imine (C=N–C) groups is 4. The SMILES string of the molecule is CN1C(=O)c2c(Nc3ccccc3)nn(CC3CCCCC3)c2N2C1=N[C@@H]1CCC[C@@H]12.CN1C(=O)c2c(nn(Cc3ccc(C(=O)C(C)(F)F)c(F)c3)c2Nc2ccccc2)N2C1=N[C@@H]1CCC[C@@H]12.Cc1ccc(-c2ccc(C(Br)n3nc4c(c3Nc3ccccc3)C(=O)N(C)C3=N[C@@H]5CCC[C@@H]5N34)cc2)nc1.Cc1cccc(-c2ccc(Cn3nc4c(c3Nc3ccccc3)C(=O)N(C)C3=N[C@@H]5CCC[C@@H]5N34)cc2)n1. The highest BCUT2D eigenvalue weighted by atomic mass is 79.9. The van der Waals surface area contributed by atoms with E-state index in [2.05, 4.69) is 121 Å². The second-order valence-electron chi connectivity index (χ2n) is 40.1. The van der Waals surface area contributed by atoms with Crippen molar-refractivity contribution in [2.45, 2.75) is 209 Å². The van der Waals surface area contributed by atoms with E-state index in [0.29, 0.717) is 112 Å². The van der Waals surface area contributed by atoms with Gasteiger partial charge in [0.2, 0.25) is 29.6 Å². The first-order valence-corrected chi connectivity index (χ1v) is 51.6. The molecule has 5 fully saturated rings. The zero-order valence-corrected chi connectivity index (χ0v) is 83.8. The van der Waals surface area contributed by atoms with Gasteiger partial charge in [-0.25, -0.2) is 43.1 Å². The van der Waals surface area contributed by atoms with Crippen molar-refractivity contribution < 1.29 is 37.1 Å². The topological polar surface area (TPSA) is 306 Å². The molecule has 4 N–H and O–H groups in total. The number of anilines is 12. The normalized spacial score (nSPS) is 21.2. The second kappa shape index (κ2) is 38.6. The number of carbonyl (C=O) groups is 5. The van der Waals surface area contributed by atoms with Crippen LogP contribution in [0.25, 0.3) is 22.5 Å². The van der Waals surface area contributed by atoms with Crippen LogP contribution < -0.4 is 40.9 Å². The number of benzene rings is 7. The fourth-order valence-electron chi connectivity index (χ4n) is 23.0. The van der Waals surface area contributed by atoms with E-state index in [1.165, 1.54) is 49.5 Å². The minimum atomic E-state index is -3.68. The number of Topliss-reactive ketones (excluding diaryl/α,β-unsaturated/α-hetero) is 1. The Morgan fingerprint density at radius 2 is 0.849 bits per heavy atom. The van der Waals surface area contributed by atoms with Gasteiger partial charge in [-0.05, 0) is 211 Å². The molecule has 5 saturated carbocycles. The Morgan fingerprint density at radius 1 is 0.425 bits per heavy atom. The number of amides is 4. The number of alkyl halides is 3. The molecule has 13 aromatic rings. The first kappa shape index (κ1) is 94.2. The summed E-state index contributed by atoms with van der Waals surface area (Å²) in [6.45, 7) is 5.90. The van der Waals surface area contributed by atoms with E-state index >= 15 is 0 Å². The average Bonchev–Trinajstić information content (AvgIpc) is 1.57. The quantitative estimate of drug-likeness (QED) is 0.0407. The van der Waals surface area contributed by atoms with Crippen molar-refractivity contribution in [3.05, 3.63) is 286 Å². The highest BCUT2D eigenvalue weighted by molar-refractivity contribution is 9.09. The molecule has 0 radical (unpaired) electrons. The third kappa shape index (κ3) is 17.3. The van der Waals surface area contributed by atoms with Crippen LogP contribution in [-0.4, -0.2) is 204 Å². The van der Waals surface area contributed by atoms with Gasteiger partial charge in [-0.1, -0.05) is 175 Å². The van der Waals surface area contributed by atoms with Crippen molar-refractivity contribution >= 4 is 138 Å². The number of ketones is 1. The van der Waals surface area contributed by atoms with E-state index in [1.807, 2.05) is 201 Å². The number of halogens is 4. The van der Waals surface area contributed by atoms with Crippen molar-refractivity contribution in [2.24, 2.45) is 25.9 Å². The molecule has 14 heterocycles. The summed E-state index contributed by atoms with van der Waals surface area (Å²) < 4.78 is 49.3. The summed E-state index contributed by atoms with van der Waals surface area (Å²) in [4.78, 5) is 110. The van der Waals surface area contributed by atoms with Crippen LogP contribution in [-0.2, 0) is 19.6 Å². The number of hydrogen-bond donors (Lipinski definition) is 4. The van der Waals surface area contributed by atoms with Gasteiger partial charge >= 0.3 is 5.92 Å². The van der Waals surface area contributed by atoms with Gasteiger partial charge in [0.1, 0.15) is 56.3 Å². The summed E-state index contributed by atoms with van der Waals surface area (Å²) in [6, 6.07) is 71.3. The molecule has 5 aliphatic carbocycles. The number of aromatic nitrogens is 10. The minimum absolute atomic E-state index is 0.0155. The van der Waals surface area contributed by atoms with E-state index in [9.17, 15) is 37.1 Å². The molecule has 9 atom stereocenters. The lowest BCUT2D eigenvalue weighted by molar-refractivity contribution is 0.0217. The zero-order valence-electron chi connectivity index (χ0n) is 82.2. The first-order valence-electron chi connectivity index (χ1n) is 50.6. The predicted octanol–water partition coefficient (Wildman–Crippen LogP) is 20.6. The molecule has 7 aromatic carbocycles. The molecule has 146 heavy (non-hydrogen) atoms. The molecule has 1 unspecified atom stereocenters. The van der Waals surface area contributed by atoms with E-state index < -0.39 is 23.1 Å². The van der Waals surface area contributed by atoms with Crippen LogP contribution in [0.4, 0.5) is 82.5 Å². The fraction of sp³-hybridized carbons (Fsp3) is 0.342. The zero-order chi connectivity index (χ0) is 100. The summed E-state index contributed by atoms with van der Waals surface area (Å²) in [6.07, 6.45) is 21.1. The Bertz CT molecular complexity index is 7370. The number of rotatable bonds is 20. The number of nitrogens with one attached hydrogen (secondary N) is 4. The Labute approximate surface area is 851 Å². The van der Waals surface area contributed by atoms with Crippen LogP contribution in [0.1, 0.15) is 201 Å². The van der Waals surface area contributed by atoms with Gasteiger partial charge < -0.3 is 21.3 Å². The third-order valence-corrected chi connectivity index (χ3v) is 31.3. The molecule has 35 heteroatoms. The number of carbonyl (C=O) groups excluding carboxylic acids is 5. The van der Waals surface area contributed by atoms with Gasteiger partial charge in [-0.2, -0.15) is 29.2 Å². The molecule has 8 aliphatic heterocycles. The maximum Gasteiger partial charge on any atom is 0.307 e. The Kier molecular flexibility index (Phi) is 24.9. The number of nitrogens with zero attached hydrogens (tertiary/aromatic N) is 22. The third-order valence-electron chi connectivity index (χ3n) is 30.4. The van der Waals surface area contributed by atoms with Gasteiger partial charge in [-0.3, -0.25) is 73.1 Å². The lowest BCUT2D eigenvalue weighted by Gasteiger charge is -2.36. The van der Waals surface area contributed by atoms with Crippen molar-refractivity contribution in [1.29, 1.82) is 0 Å². The monoisotopic (exact) mass is 2020 g/mol. The molecule has 6 aromatic heterocycles. The Morgan fingerprint density at radius 3 is 1.32 bits per heavy atom. The Hall–Kier alpha value is -15.4. The van der Waals surface area contributed by atoms with Gasteiger partial charge in [-0.15, -0.1) is 0 Å². The molecule has 26 rings (SSSR count). The summed E-state index contributed by atoms with van der Waals surface area (Å²) in [5.41, 5.74) is 13.6. The lowest BCUT2D eigenvalue weighted by atomic mass is 9.89. The van der Waals surface area contributed by atoms with Crippen molar-refractivity contribution in [3.8, 4) is 22.5 Å². The van der Waals surface area contributed by atoms with Crippen LogP contribution in [0.15, 0.2) is 245 Å². The summed E-state index contributed by atoms with van der Waals surface area (Å²) >= 11 is 3.91. The van der Waals surface area contributed by atoms with E-state index in [4.69, 9.17) is 40.4 Å². The van der Waals surface area contributed by atoms with E-state index in [1.54, 1.807) is 26.4 Å². The largest absolute Gasteiger partial charge is 0.340 e. The summed E-state index contributed by atoms with van der Waals surface area (Å²) in [5, 5.41) is 33.7. The first-order chi connectivity index (χ1) is 70.9. The van der Waals surface area contributed by atoms with E-state index in [-0.39, 0.29) is 71.4 Å². The molecule has 31 nitrogen and oxygen atoms in total. The van der Waals surface area contributed by atoms with Gasteiger partial charge in [0, 0.05) is 87.4 Å². The Balaban J connectivity index is 0.000000108. The molecule has 4 amide bonds. The molecule has 0 saturated heterocycles. The minimum Gasteiger partial charge on any atom is -0.340 e. The average molecular weight is 2030 g/mol. The fourth-order valence-corrected chi connectivity index (χ4v) is 23.6. The van der Waals surface area contributed by atoms with Crippen LogP contribution in [0, 0.1) is 25.6 Å². The molecule has 0 bridgehead atoms. The maximum absolute atomic E-state index is 14.8. The molecular formula is C111H112BrF3N26O5. The maximum atomic E-state index is 14.8. The number of hydrogen-bond acceptors (Lipinski definition) is 23. The number of pyridine rings is 2. The summed E-state index contributed by atoms with van der Waals surface area (Å²) in [7, 11) is 7.17. The van der Waals surface area contributed by atoms with Crippen LogP contribution >= 0.6 is 15.9 Å². The van der Waals surface area contributed by atoms with Crippen LogP contribution in [0.5, 0.6) is 0 Å². The highest BCUT2D eigenvalue weighted by Crippen LogP contribution is 2.51. The van der Waals surface area contributed by atoms with Gasteiger partial charge in [0.15, 0.2) is 23.3 Å². The molecular weight excluding hydrogens is 1910 g/mol. The van der Waals surface area contributed by atoms with Gasteiger partial charge in [0.25, 0.3) is 23.6 Å². The molecule has 744 valence electrons. The molecule has 0 spiro atoms. The van der Waals surface area contributed by atoms with Crippen molar-refractivity contribution in [2.75, 3.05) is 69.1 Å². The standard InChI is InChI=1S/C30H28BrN7O.C30H29N7O.C27H25F3N6O2.C24H30N6O/c1-18-11-16-22(32-17-18)19-12-14-20(15-13-19)26(31)38-27(33-21-7-4-3-5-8-21)25-28(35-38)37-24-10-6-9-23(24)34-30(37)36(2)29(25)39;1-19-8-6-11-23(31-19)21-16-14-20(15-17-21)18-36-27(32-22-9-4-3-5-10-22)26-28(34-36)37-25-13-7-12-24(25)33-30(37)35(2)29(26)38;1-27(29,30)22(37)17-12-11-15(13-18(17)28)14-35-23(31-16-7-4-3-5-8-16)21-24(33-35)36-20-10-6-9-19(20)32-26(36)34(2)25(21)38;1-28-23(31)20-21(25-17-11-6-3-7-12-17)27-29(15-16-9-4-2-5-10-16)22(20)30-19-14-8-13-18(19)26-24(28)30/h3-5,7-8,11-17,23-24,26,33H,6,9-10H2,1-2H3;3-6,8-11,14-17,24-25,32H,7,12-13,18H2,1-2H3;3-5,7-8,11-13,19-20,31H,6,9-10,14H2,1-2H3;3,6-7,11-12,16,18-19H,2,4-5,8-10,13-15H2,1H3,(H,25,27)/t23-,24+,26?;24-,25+;19-,20+;18-,19+/m1111/s1. The number of para-hydroxylation sites is 4. The number of guanidine groups is 4.